The number of nitrogens with zero attached hydrogens (tertiary/aromatic N) is 7. The Morgan fingerprint density at radius 1 is 1.10 bits per heavy atom. The van der Waals surface area contributed by atoms with Crippen molar-refractivity contribution in [2.45, 2.75) is 19.1 Å². The lowest BCUT2D eigenvalue weighted by Crippen LogP contribution is -2.48. The predicted molar refractivity (Wildman–Crippen MR) is 150 cm³/mol. The van der Waals surface area contributed by atoms with Crippen LogP contribution in [0.15, 0.2) is 43.2 Å². The second-order valence-corrected chi connectivity index (χ2v) is 10.2. The van der Waals surface area contributed by atoms with Crippen LogP contribution >= 0.6 is 0 Å². The lowest BCUT2D eigenvalue weighted by atomic mass is 10.1. The number of hydrogen-bond acceptors (Lipinski definition) is 10. The van der Waals surface area contributed by atoms with Crippen molar-refractivity contribution in [2.75, 3.05) is 58.3 Å². The average molecular weight is 545 g/mol. The number of hydrogen-bond donors (Lipinski definition) is 1. The standard InChI is InChI=1S/C28H32N8O4/c1-5-23(37)35-10-12-36(13-11-35)26-18-8-9-29-27(40-25-17(2)6-7-20-19(25)14-30-33-20)24(18)31-28(32-26)39-22-16-34(3)15-21(22)38-4/h5-9,14,21-22H,1,10-13,15-16H2,2-4H3,(H,30,33)/t21-,22-/m1/s1. The fourth-order valence-electron chi connectivity index (χ4n) is 5.36. The van der Waals surface area contributed by atoms with Gasteiger partial charge in [0.1, 0.15) is 29.3 Å². The van der Waals surface area contributed by atoms with Crippen molar-refractivity contribution in [3.05, 3.63) is 48.8 Å². The minimum absolute atomic E-state index is 0.0733. The van der Waals surface area contributed by atoms with Crippen molar-refractivity contribution in [3.8, 4) is 17.6 Å². The number of amides is 1. The molecule has 1 N–H and O–H groups in total. The summed E-state index contributed by atoms with van der Waals surface area (Å²) >= 11 is 0. The molecule has 0 radical (unpaired) electrons. The highest BCUT2D eigenvalue weighted by molar-refractivity contribution is 5.94. The Labute approximate surface area is 231 Å². The van der Waals surface area contributed by atoms with E-state index < -0.39 is 0 Å². The highest BCUT2D eigenvalue weighted by Crippen LogP contribution is 2.37. The predicted octanol–water partition coefficient (Wildman–Crippen LogP) is 2.54. The molecule has 1 amide bonds. The summed E-state index contributed by atoms with van der Waals surface area (Å²) in [6, 6.07) is 6.05. The summed E-state index contributed by atoms with van der Waals surface area (Å²) in [5, 5.41) is 8.79. The van der Waals surface area contributed by atoms with Gasteiger partial charge in [-0.05, 0) is 37.7 Å². The van der Waals surface area contributed by atoms with E-state index >= 15 is 0 Å². The van der Waals surface area contributed by atoms with E-state index in [0.717, 1.165) is 28.4 Å². The molecule has 2 aliphatic rings. The number of benzene rings is 1. The minimum atomic E-state index is -0.231. The number of aryl methyl sites for hydroxylation is 1. The van der Waals surface area contributed by atoms with Crippen LogP contribution in [-0.2, 0) is 9.53 Å². The SMILES string of the molecule is C=CC(=O)N1CCN(c2nc(O[C@@H]3CN(C)C[C@H]3OC)nc3c(Oc4c(C)ccc5[nH]ncc45)nccc23)CC1. The number of ether oxygens (including phenoxy) is 3. The number of piperazine rings is 1. The number of carbonyl (C=O) groups is 1. The number of H-pyrrole nitrogens is 1. The van der Waals surface area contributed by atoms with E-state index in [9.17, 15) is 4.79 Å². The number of likely N-dealkylation sites (tertiary alicyclic amines) is 1. The van der Waals surface area contributed by atoms with Gasteiger partial charge in [-0.1, -0.05) is 12.6 Å². The third kappa shape index (κ3) is 4.80. The molecule has 12 heteroatoms. The van der Waals surface area contributed by atoms with Crippen molar-refractivity contribution >= 4 is 33.5 Å². The Morgan fingerprint density at radius 3 is 2.67 bits per heavy atom. The molecule has 0 bridgehead atoms. The number of aromatic nitrogens is 5. The van der Waals surface area contributed by atoms with Crippen molar-refractivity contribution in [1.29, 1.82) is 0 Å². The molecule has 6 rings (SSSR count). The molecule has 12 nitrogen and oxygen atoms in total. The van der Waals surface area contributed by atoms with E-state index in [1.165, 1.54) is 6.08 Å². The maximum Gasteiger partial charge on any atom is 0.319 e. The first-order valence-electron chi connectivity index (χ1n) is 13.3. The Bertz CT molecular complexity index is 1560. The van der Waals surface area contributed by atoms with Gasteiger partial charge in [0.05, 0.1) is 22.5 Å². The zero-order chi connectivity index (χ0) is 27.8. The molecular formula is C28H32N8O4. The molecule has 2 atom stereocenters. The van der Waals surface area contributed by atoms with Crippen LogP contribution < -0.4 is 14.4 Å². The lowest BCUT2D eigenvalue weighted by Gasteiger charge is -2.35. The molecule has 4 aromatic rings. The number of pyridine rings is 1. The van der Waals surface area contributed by atoms with Gasteiger partial charge in [-0.25, -0.2) is 4.98 Å². The molecule has 0 saturated carbocycles. The summed E-state index contributed by atoms with van der Waals surface area (Å²) in [6.45, 7) is 9.36. The van der Waals surface area contributed by atoms with E-state index in [0.29, 0.717) is 55.7 Å². The number of anilines is 1. The van der Waals surface area contributed by atoms with Crippen LogP contribution in [0.1, 0.15) is 5.56 Å². The average Bonchev–Trinajstić information content (AvgIpc) is 3.60. The largest absolute Gasteiger partial charge is 0.456 e. The van der Waals surface area contributed by atoms with Crippen molar-refractivity contribution in [2.24, 2.45) is 0 Å². The molecule has 0 unspecified atom stereocenters. The van der Waals surface area contributed by atoms with Gasteiger partial charge in [0.2, 0.25) is 11.8 Å². The number of nitrogens with one attached hydrogen (secondary N) is 1. The number of carbonyl (C=O) groups excluding carboxylic acids is 1. The number of likely N-dealkylation sites (N-methyl/N-ethyl adjacent to an activating group) is 1. The summed E-state index contributed by atoms with van der Waals surface area (Å²) in [5.74, 6) is 1.63. The first-order chi connectivity index (χ1) is 19.4. The Hall–Kier alpha value is -4.29. The molecular weight excluding hydrogens is 512 g/mol. The van der Waals surface area contributed by atoms with Crippen molar-refractivity contribution < 1.29 is 19.0 Å². The van der Waals surface area contributed by atoms with Crippen molar-refractivity contribution in [3.63, 3.8) is 0 Å². The molecule has 0 aliphatic carbocycles. The van der Waals surface area contributed by atoms with Crippen LogP contribution in [0.5, 0.6) is 17.6 Å². The molecule has 2 fully saturated rings. The van der Waals surface area contributed by atoms with Gasteiger partial charge >= 0.3 is 6.01 Å². The Kier molecular flexibility index (Phi) is 6.95. The fraction of sp³-hybridized carbons (Fsp3) is 0.393. The number of methoxy groups -OCH3 is 1. The maximum atomic E-state index is 12.2. The van der Waals surface area contributed by atoms with Crippen LogP contribution in [0, 0.1) is 6.92 Å². The first kappa shape index (κ1) is 26.0. The van der Waals surface area contributed by atoms with Crippen LogP contribution in [0.25, 0.3) is 21.8 Å². The van der Waals surface area contributed by atoms with Crippen LogP contribution in [0.3, 0.4) is 0 Å². The quantitative estimate of drug-likeness (QED) is 0.347. The van der Waals surface area contributed by atoms with E-state index in [4.69, 9.17) is 24.2 Å². The van der Waals surface area contributed by atoms with Crippen LogP contribution in [-0.4, -0.2) is 106 Å². The zero-order valence-electron chi connectivity index (χ0n) is 22.8. The number of fused-ring (bicyclic) bond motifs is 2. The van der Waals surface area contributed by atoms with Gasteiger partial charge in [0.25, 0.3) is 0 Å². The summed E-state index contributed by atoms with van der Waals surface area (Å²) in [4.78, 5) is 32.5. The van der Waals surface area contributed by atoms with Gasteiger partial charge in [-0.15, -0.1) is 0 Å². The zero-order valence-corrected chi connectivity index (χ0v) is 22.8. The number of rotatable bonds is 7. The molecule has 2 aliphatic heterocycles. The van der Waals surface area contributed by atoms with E-state index in [1.807, 2.05) is 32.2 Å². The van der Waals surface area contributed by atoms with E-state index in [-0.39, 0.29) is 24.1 Å². The van der Waals surface area contributed by atoms with Gasteiger partial charge in [-0.2, -0.15) is 15.1 Å². The lowest BCUT2D eigenvalue weighted by molar-refractivity contribution is -0.126. The van der Waals surface area contributed by atoms with Gasteiger partial charge < -0.3 is 24.0 Å². The summed E-state index contributed by atoms with van der Waals surface area (Å²) in [7, 11) is 3.71. The number of aromatic amines is 1. The van der Waals surface area contributed by atoms with Gasteiger partial charge in [0, 0.05) is 52.6 Å². The monoisotopic (exact) mass is 544 g/mol. The van der Waals surface area contributed by atoms with Gasteiger partial charge in [-0.3, -0.25) is 14.8 Å². The fourth-order valence-corrected chi connectivity index (χ4v) is 5.36. The Balaban J connectivity index is 1.42. The molecule has 0 spiro atoms. The molecule has 3 aromatic heterocycles. The third-order valence-electron chi connectivity index (χ3n) is 7.53. The van der Waals surface area contributed by atoms with Crippen LogP contribution in [0.4, 0.5) is 5.82 Å². The summed E-state index contributed by atoms with van der Waals surface area (Å²) < 4.78 is 18.5. The minimum Gasteiger partial charge on any atom is -0.456 e. The first-order valence-corrected chi connectivity index (χ1v) is 13.3. The van der Waals surface area contributed by atoms with E-state index in [2.05, 4.69) is 31.6 Å². The summed E-state index contributed by atoms with van der Waals surface area (Å²) in [5.41, 5.74) is 2.34. The molecule has 208 valence electrons. The van der Waals surface area contributed by atoms with Gasteiger partial charge in [0.15, 0.2) is 0 Å². The normalized spacial score (nSPS) is 19.9. The second-order valence-electron chi connectivity index (χ2n) is 10.2. The third-order valence-corrected chi connectivity index (χ3v) is 7.53. The molecule has 2 saturated heterocycles. The van der Waals surface area contributed by atoms with E-state index in [1.54, 1.807) is 24.4 Å². The van der Waals surface area contributed by atoms with Crippen molar-refractivity contribution in [1.82, 2.24) is 34.9 Å². The smallest absolute Gasteiger partial charge is 0.319 e. The Morgan fingerprint density at radius 2 is 1.90 bits per heavy atom. The second kappa shape index (κ2) is 10.7. The summed E-state index contributed by atoms with van der Waals surface area (Å²) in [6.07, 6.45) is 4.45. The maximum absolute atomic E-state index is 12.2. The highest BCUT2D eigenvalue weighted by Gasteiger charge is 2.34. The molecule has 5 heterocycles. The highest BCUT2D eigenvalue weighted by atomic mass is 16.5. The van der Waals surface area contributed by atoms with Crippen LogP contribution in [0.2, 0.25) is 0 Å². The topological polar surface area (TPSA) is 122 Å². The molecule has 1 aromatic carbocycles. The molecule has 40 heavy (non-hydrogen) atoms.